The maximum absolute atomic E-state index is 12.3. The molecule has 3 nitrogen and oxygen atoms in total. The van der Waals surface area contributed by atoms with E-state index in [1.54, 1.807) is 0 Å². The van der Waals surface area contributed by atoms with E-state index in [0.29, 0.717) is 6.42 Å². The number of hydrogen-bond donors (Lipinski definition) is 1. The number of aryl methyl sites for hydroxylation is 2. The monoisotopic (exact) mass is 303 g/mol. The summed E-state index contributed by atoms with van der Waals surface area (Å²) in [5.41, 5.74) is 2.64. The largest absolute Gasteiger partial charge is 0.393 e. The number of rotatable bonds is 7. The van der Waals surface area contributed by atoms with Gasteiger partial charge < -0.3 is 10.0 Å². The molecule has 1 aromatic rings. The van der Waals surface area contributed by atoms with Gasteiger partial charge in [-0.3, -0.25) is 4.79 Å². The molecule has 2 atom stereocenters. The topological polar surface area (TPSA) is 40.5 Å². The number of nitrogens with zero attached hydrogens (tertiary/aromatic N) is 1. The van der Waals surface area contributed by atoms with E-state index in [4.69, 9.17) is 0 Å². The summed E-state index contributed by atoms with van der Waals surface area (Å²) >= 11 is 0. The van der Waals surface area contributed by atoms with Crippen LogP contribution in [0.3, 0.4) is 0 Å². The third-order valence-electron chi connectivity index (χ3n) is 4.54. The van der Waals surface area contributed by atoms with Crippen molar-refractivity contribution in [2.24, 2.45) is 0 Å². The molecule has 0 spiro atoms. The lowest BCUT2D eigenvalue weighted by Crippen LogP contribution is -2.37. The van der Waals surface area contributed by atoms with Gasteiger partial charge in [0.25, 0.3) is 0 Å². The van der Waals surface area contributed by atoms with Crippen LogP contribution in [0, 0.1) is 6.92 Å². The quantitative estimate of drug-likeness (QED) is 0.784. The third-order valence-corrected chi connectivity index (χ3v) is 4.54. The van der Waals surface area contributed by atoms with Gasteiger partial charge in [-0.15, -0.1) is 0 Å². The van der Waals surface area contributed by atoms with Gasteiger partial charge >= 0.3 is 0 Å². The number of amides is 1. The maximum Gasteiger partial charge on any atom is 0.222 e. The highest BCUT2D eigenvalue weighted by Crippen LogP contribution is 2.23. The van der Waals surface area contributed by atoms with E-state index in [9.17, 15) is 9.90 Å². The molecule has 1 amide bonds. The van der Waals surface area contributed by atoms with Gasteiger partial charge in [0.15, 0.2) is 0 Å². The summed E-state index contributed by atoms with van der Waals surface area (Å²) in [5.74, 6) is 0.270. The van der Waals surface area contributed by atoms with E-state index in [1.165, 1.54) is 11.1 Å². The van der Waals surface area contributed by atoms with Crippen molar-refractivity contribution in [3.05, 3.63) is 35.4 Å². The van der Waals surface area contributed by atoms with Crippen molar-refractivity contribution in [2.75, 3.05) is 6.54 Å². The first-order valence-corrected chi connectivity index (χ1v) is 8.59. The summed E-state index contributed by atoms with van der Waals surface area (Å²) < 4.78 is 0. The molecule has 1 aliphatic heterocycles. The van der Waals surface area contributed by atoms with Gasteiger partial charge in [0.05, 0.1) is 6.10 Å². The van der Waals surface area contributed by atoms with Gasteiger partial charge in [0.1, 0.15) is 0 Å². The number of carbonyl (C=O) groups is 1. The van der Waals surface area contributed by atoms with E-state index in [1.807, 2.05) is 11.8 Å². The maximum atomic E-state index is 12.3. The van der Waals surface area contributed by atoms with Crippen LogP contribution in [-0.4, -0.2) is 34.6 Å². The zero-order valence-electron chi connectivity index (χ0n) is 13.9. The van der Waals surface area contributed by atoms with E-state index in [2.05, 4.69) is 31.2 Å². The minimum atomic E-state index is -0.320. The van der Waals surface area contributed by atoms with Crippen LogP contribution in [0.25, 0.3) is 0 Å². The van der Waals surface area contributed by atoms with Crippen LogP contribution in [0.1, 0.15) is 56.6 Å². The Morgan fingerprint density at radius 2 is 2.05 bits per heavy atom. The van der Waals surface area contributed by atoms with Gasteiger partial charge in [-0.1, -0.05) is 29.8 Å². The first-order chi connectivity index (χ1) is 10.6. The Labute approximate surface area is 134 Å². The van der Waals surface area contributed by atoms with Gasteiger partial charge in [-0.25, -0.2) is 0 Å². The Hall–Kier alpha value is -1.35. The molecule has 1 aromatic carbocycles. The van der Waals surface area contributed by atoms with Crippen LogP contribution >= 0.6 is 0 Å². The lowest BCUT2D eigenvalue weighted by molar-refractivity contribution is -0.132. The number of aliphatic hydroxyl groups excluding tert-OH is 1. The highest BCUT2D eigenvalue weighted by molar-refractivity contribution is 5.76. The van der Waals surface area contributed by atoms with Crippen molar-refractivity contribution >= 4 is 5.91 Å². The molecule has 0 bridgehead atoms. The molecule has 122 valence electrons. The van der Waals surface area contributed by atoms with Crippen LogP contribution in [0.2, 0.25) is 0 Å². The van der Waals surface area contributed by atoms with Crippen molar-refractivity contribution in [1.82, 2.24) is 4.90 Å². The lowest BCUT2D eigenvalue weighted by atomic mass is 10.0. The summed E-state index contributed by atoms with van der Waals surface area (Å²) in [6.07, 6.45) is 6.21. The Kier molecular flexibility index (Phi) is 6.44. The van der Waals surface area contributed by atoms with Crippen LogP contribution < -0.4 is 0 Å². The summed E-state index contributed by atoms with van der Waals surface area (Å²) in [4.78, 5) is 14.3. The number of benzene rings is 1. The predicted molar refractivity (Wildman–Crippen MR) is 89.8 cm³/mol. The minimum Gasteiger partial charge on any atom is -0.393 e. The van der Waals surface area contributed by atoms with Crippen molar-refractivity contribution in [3.63, 3.8) is 0 Å². The molecule has 0 saturated carbocycles. The first-order valence-electron chi connectivity index (χ1n) is 8.59. The molecule has 0 aromatic heterocycles. The lowest BCUT2D eigenvalue weighted by Gasteiger charge is -2.25. The highest BCUT2D eigenvalue weighted by atomic mass is 16.3. The van der Waals surface area contributed by atoms with Crippen LogP contribution in [0.4, 0.5) is 0 Å². The SMILES string of the molecule is Cc1ccc(CCCCC(=O)N2CCCC2CC(C)O)cc1. The van der Waals surface area contributed by atoms with Crippen LogP contribution in [-0.2, 0) is 11.2 Å². The normalized spacial score (nSPS) is 19.4. The summed E-state index contributed by atoms with van der Waals surface area (Å²) in [7, 11) is 0. The first kappa shape index (κ1) is 17.0. The summed E-state index contributed by atoms with van der Waals surface area (Å²) in [6, 6.07) is 8.90. The van der Waals surface area contributed by atoms with Crippen LogP contribution in [0.15, 0.2) is 24.3 Å². The average Bonchev–Trinajstić information content (AvgIpc) is 2.92. The fourth-order valence-electron chi connectivity index (χ4n) is 3.31. The molecule has 0 radical (unpaired) electrons. The zero-order valence-corrected chi connectivity index (χ0v) is 13.9. The van der Waals surface area contributed by atoms with Crippen molar-refractivity contribution < 1.29 is 9.90 Å². The van der Waals surface area contributed by atoms with E-state index in [0.717, 1.165) is 45.1 Å². The van der Waals surface area contributed by atoms with Gasteiger partial charge in [-0.2, -0.15) is 0 Å². The van der Waals surface area contributed by atoms with E-state index in [-0.39, 0.29) is 18.1 Å². The Morgan fingerprint density at radius 1 is 1.32 bits per heavy atom. The Bertz CT molecular complexity index is 467. The van der Waals surface area contributed by atoms with Crippen LogP contribution in [0.5, 0.6) is 0 Å². The zero-order chi connectivity index (χ0) is 15.9. The fourth-order valence-corrected chi connectivity index (χ4v) is 3.31. The minimum absolute atomic E-state index is 0.254. The van der Waals surface area contributed by atoms with Crippen molar-refractivity contribution in [2.45, 2.75) is 70.9 Å². The second-order valence-corrected chi connectivity index (χ2v) is 6.66. The third kappa shape index (κ3) is 5.13. The van der Waals surface area contributed by atoms with E-state index < -0.39 is 0 Å². The molecule has 1 N–H and O–H groups in total. The second-order valence-electron chi connectivity index (χ2n) is 6.66. The average molecular weight is 303 g/mol. The fraction of sp³-hybridized carbons (Fsp3) is 0.632. The van der Waals surface area contributed by atoms with Crippen molar-refractivity contribution in [1.29, 1.82) is 0 Å². The van der Waals surface area contributed by atoms with Gasteiger partial charge in [0.2, 0.25) is 5.91 Å². The number of aliphatic hydroxyl groups is 1. The molecule has 0 aliphatic carbocycles. The molecule has 22 heavy (non-hydrogen) atoms. The molecular weight excluding hydrogens is 274 g/mol. The smallest absolute Gasteiger partial charge is 0.222 e. The number of carbonyl (C=O) groups excluding carboxylic acids is 1. The molecule has 1 fully saturated rings. The van der Waals surface area contributed by atoms with Crippen molar-refractivity contribution in [3.8, 4) is 0 Å². The molecule has 2 unspecified atom stereocenters. The number of hydrogen-bond acceptors (Lipinski definition) is 2. The molecule has 1 heterocycles. The summed E-state index contributed by atoms with van der Waals surface area (Å²) in [5, 5.41) is 9.53. The standard InChI is InChI=1S/C19H29NO2/c1-15-9-11-17(12-10-15)6-3-4-8-19(22)20-13-5-7-18(20)14-16(2)21/h9-12,16,18,21H,3-8,13-14H2,1-2H3. The second kappa shape index (κ2) is 8.33. The molecular formula is C19H29NO2. The van der Waals surface area contributed by atoms with Gasteiger partial charge in [-0.05, 0) is 57.9 Å². The molecule has 1 aliphatic rings. The molecule has 3 heteroatoms. The van der Waals surface area contributed by atoms with E-state index >= 15 is 0 Å². The molecule has 1 saturated heterocycles. The molecule has 2 rings (SSSR count). The number of likely N-dealkylation sites (tertiary alicyclic amines) is 1. The Balaban J connectivity index is 1.70. The predicted octanol–water partition coefficient (Wildman–Crippen LogP) is 3.47. The van der Waals surface area contributed by atoms with Gasteiger partial charge in [0, 0.05) is 19.0 Å². The summed E-state index contributed by atoms with van der Waals surface area (Å²) in [6.45, 7) is 4.78. The highest BCUT2D eigenvalue weighted by Gasteiger charge is 2.28. The Morgan fingerprint density at radius 3 is 2.73 bits per heavy atom. The number of unbranched alkanes of at least 4 members (excludes halogenated alkanes) is 1.